The lowest BCUT2D eigenvalue weighted by Crippen LogP contribution is -2.48. The lowest BCUT2D eigenvalue weighted by atomic mass is 10.0. The van der Waals surface area contributed by atoms with Crippen LogP contribution in [-0.4, -0.2) is 42.4 Å². The Labute approximate surface area is 125 Å². The van der Waals surface area contributed by atoms with Crippen LogP contribution < -0.4 is 11.1 Å². The van der Waals surface area contributed by atoms with E-state index in [1.807, 2.05) is 4.90 Å². The molecule has 1 atom stereocenters. The molecule has 0 bridgehead atoms. The van der Waals surface area contributed by atoms with Gasteiger partial charge in [-0.25, -0.2) is 0 Å². The van der Waals surface area contributed by atoms with Crippen molar-refractivity contribution in [3.8, 4) is 0 Å². The summed E-state index contributed by atoms with van der Waals surface area (Å²) in [6.45, 7) is 4.60. The highest BCUT2D eigenvalue weighted by Gasteiger charge is 2.24. The Balaban J connectivity index is 2.05. The highest BCUT2D eigenvalue weighted by molar-refractivity contribution is 5.99. The van der Waals surface area contributed by atoms with Gasteiger partial charge in [-0.05, 0) is 44.0 Å². The molecule has 114 valence electrons. The van der Waals surface area contributed by atoms with Gasteiger partial charge in [-0.15, -0.1) is 0 Å². The molecule has 1 aromatic rings. The van der Waals surface area contributed by atoms with Crippen molar-refractivity contribution in [1.29, 1.82) is 0 Å². The Bertz CT molecular complexity index is 516. The molecule has 5 heteroatoms. The van der Waals surface area contributed by atoms with Crippen molar-refractivity contribution in [2.24, 2.45) is 5.73 Å². The van der Waals surface area contributed by atoms with Crippen molar-refractivity contribution in [1.82, 2.24) is 10.2 Å². The maximum absolute atomic E-state index is 12.5. The average Bonchev–Trinajstić information content (AvgIpc) is 2.52. The first-order valence-corrected chi connectivity index (χ1v) is 7.54. The van der Waals surface area contributed by atoms with E-state index < -0.39 is 5.91 Å². The fourth-order valence-corrected chi connectivity index (χ4v) is 2.66. The monoisotopic (exact) mass is 289 g/mol. The minimum absolute atomic E-state index is 0.0268. The first-order valence-electron chi connectivity index (χ1n) is 7.54. The van der Waals surface area contributed by atoms with E-state index in [9.17, 15) is 9.59 Å². The van der Waals surface area contributed by atoms with Gasteiger partial charge in [0, 0.05) is 30.3 Å². The van der Waals surface area contributed by atoms with Gasteiger partial charge in [0.2, 0.25) is 5.91 Å². The second kappa shape index (κ2) is 7.22. The molecule has 0 radical (unpaired) electrons. The topological polar surface area (TPSA) is 75.4 Å². The number of carbonyl (C=O) groups excluding carboxylic acids is 2. The molecule has 1 aliphatic heterocycles. The standard InChI is InChI=1S/C16H23N3O2/c1-2-8-18-14-7-4-9-19(11-14)16(21)13-6-3-5-12(10-13)15(17)20/h3,5-6,10,14,18H,2,4,7-9,11H2,1H3,(H2,17,20). The highest BCUT2D eigenvalue weighted by Crippen LogP contribution is 2.15. The maximum atomic E-state index is 12.5. The van der Waals surface area contributed by atoms with Crippen LogP contribution in [-0.2, 0) is 0 Å². The molecule has 0 aliphatic carbocycles. The summed E-state index contributed by atoms with van der Waals surface area (Å²) in [4.78, 5) is 25.6. The van der Waals surface area contributed by atoms with Gasteiger partial charge in [0.15, 0.2) is 0 Å². The van der Waals surface area contributed by atoms with Crippen molar-refractivity contribution in [2.45, 2.75) is 32.2 Å². The number of nitrogens with zero attached hydrogens (tertiary/aromatic N) is 1. The van der Waals surface area contributed by atoms with E-state index in [1.54, 1.807) is 24.3 Å². The molecule has 1 fully saturated rings. The molecule has 3 N–H and O–H groups in total. The van der Waals surface area contributed by atoms with Gasteiger partial charge in [0.05, 0.1) is 0 Å². The Morgan fingerprint density at radius 3 is 2.86 bits per heavy atom. The van der Waals surface area contributed by atoms with Crippen LogP contribution in [0.1, 0.15) is 46.9 Å². The average molecular weight is 289 g/mol. The zero-order valence-electron chi connectivity index (χ0n) is 12.5. The van der Waals surface area contributed by atoms with Crippen molar-refractivity contribution in [2.75, 3.05) is 19.6 Å². The Hall–Kier alpha value is -1.88. The zero-order chi connectivity index (χ0) is 15.2. The molecule has 0 saturated carbocycles. The summed E-state index contributed by atoms with van der Waals surface area (Å²) in [6, 6.07) is 7.00. The summed E-state index contributed by atoms with van der Waals surface area (Å²) < 4.78 is 0. The molecule has 5 nitrogen and oxygen atoms in total. The van der Waals surface area contributed by atoms with Crippen molar-refractivity contribution < 1.29 is 9.59 Å². The van der Waals surface area contributed by atoms with Gasteiger partial charge in [-0.1, -0.05) is 13.0 Å². The van der Waals surface area contributed by atoms with E-state index >= 15 is 0 Å². The van der Waals surface area contributed by atoms with Crippen molar-refractivity contribution in [3.05, 3.63) is 35.4 Å². The fraction of sp³-hybridized carbons (Fsp3) is 0.500. The number of hydrogen-bond donors (Lipinski definition) is 2. The summed E-state index contributed by atoms with van der Waals surface area (Å²) in [7, 11) is 0. The third-order valence-electron chi connectivity index (χ3n) is 3.79. The first-order chi connectivity index (χ1) is 10.1. The summed E-state index contributed by atoms with van der Waals surface area (Å²) in [5, 5.41) is 3.47. The van der Waals surface area contributed by atoms with E-state index in [-0.39, 0.29) is 5.91 Å². The quantitative estimate of drug-likeness (QED) is 0.860. The molecule has 21 heavy (non-hydrogen) atoms. The normalized spacial score (nSPS) is 18.5. The predicted octanol–water partition coefficient (Wildman–Crippen LogP) is 1.39. The largest absolute Gasteiger partial charge is 0.366 e. The number of likely N-dealkylation sites (tertiary alicyclic amines) is 1. The van der Waals surface area contributed by atoms with Gasteiger partial charge in [0.1, 0.15) is 0 Å². The third kappa shape index (κ3) is 4.04. The predicted molar refractivity (Wildman–Crippen MR) is 82.2 cm³/mol. The van der Waals surface area contributed by atoms with E-state index in [1.165, 1.54) is 0 Å². The summed E-state index contributed by atoms with van der Waals surface area (Å²) >= 11 is 0. The summed E-state index contributed by atoms with van der Waals surface area (Å²) in [5.41, 5.74) is 6.17. The molecule has 0 aromatic heterocycles. The fourth-order valence-electron chi connectivity index (χ4n) is 2.66. The van der Waals surface area contributed by atoms with Crippen LogP contribution >= 0.6 is 0 Å². The minimum Gasteiger partial charge on any atom is -0.366 e. The second-order valence-electron chi connectivity index (χ2n) is 5.49. The third-order valence-corrected chi connectivity index (χ3v) is 3.79. The molecular formula is C16H23N3O2. The molecular weight excluding hydrogens is 266 g/mol. The Kier molecular flexibility index (Phi) is 5.33. The highest BCUT2D eigenvalue weighted by atomic mass is 16.2. The van der Waals surface area contributed by atoms with Crippen LogP contribution in [0.2, 0.25) is 0 Å². The van der Waals surface area contributed by atoms with Crippen molar-refractivity contribution >= 4 is 11.8 Å². The van der Waals surface area contributed by atoms with E-state index in [0.29, 0.717) is 17.2 Å². The molecule has 0 spiro atoms. The van der Waals surface area contributed by atoms with Crippen LogP contribution in [0.4, 0.5) is 0 Å². The first kappa shape index (κ1) is 15.5. The number of piperidine rings is 1. The Morgan fingerprint density at radius 1 is 1.38 bits per heavy atom. The number of nitrogens with two attached hydrogens (primary N) is 1. The molecule has 1 saturated heterocycles. The van der Waals surface area contributed by atoms with Gasteiger partial charge in [-0.3, -0.25) is 9.59 Å². The van der Waals surface area contributed by atoms with Gasteiger partial charge in [0.25, 0.3) is 5.91 Å². The molecule has 1 aromatic carbocycles. The van der Waals surface area contributed by atoms with Crippen LogP contribution in [0.25, 0.3) is 0 Å². The lowest BCUT2D eigenvalue weighted by Gasteiger charge is -2.33. The number of carbonyl (C=O) groups is 2. The molecule has 1 aliphatic rings. The second-order valence-corrected chi connectivity index (χ2v) is 5.49. The SMILES string of the molecule is CCCNC1CCCN(C(=O)c2cccc(C(N)=O)c2)C1. The van der Waals surface area contributed by atoms with Crippen LogP contribution in [0.15, 0.2) is 24.3 Å². The number of hydrogen-bond acceptors (Lipinski definition) is 3. The molecule has 2 amide bonds. The van der Waals surface area contributed by atoms with Gasteiger partial charge in [-0.2, -0.15) is 0 Å². The van der Waals surface area contributed by atoms with Gasteiger partial charge < -0.3 is 16.0 Å². The molecule has 1 heterocycles. The smallest absolute Gasteiger partial charge is 0.253 e. The van der Waals surface area contributed by atoms with E-state index in [2.05, 4.69) is 12.2 Å². The maximum Gasteiger partial charge on any atom is 0.253 e. The Morgan fingerprint density at radius 2 is 2.14 bits per heavy atom. The summed E-state index contributed by atoms with van der Waals surface area (Å²) in [6.07, 6.45) is 3.19. The van der Waals surface area contributed by atoms with E-state index in [4.69, 9.17) is 5.73 Å². The van der Waals surface area contributed by atoms with E-state index in [0.717, 1.165) is 38.9 Å². The van der Waals surface area contributed by atoms with Gasteiger partial charge >= 0.3 is 0 Å². The number of primary amides is 1. The molecule has 1 unspecified atom stereocenters. The van der Waals surface area contributed by atoms with Crippen LogP contribution in [0.3, 0.4) is 0 Å². The van der Waals surface area contributed by atoms with Crippen molar-refractivity contribution in [3.63, 3.8) is 0 Å². The zero-order valence-corrected chi connectivity index (χ0v) is 12.5. The lowest BCUT2D eigenvalue weighted by molar-refractivity contribution is 0.0695. The minimum atomic E-state index is -0.509. The van der Waals surface area contributed by atoms with Crippen LogP contribution in [0.5, 0.6) is 0 Å². The number of amides is 2. The van der Waals surface area contributed by atoms with Crippen LogP contribution in [0, 0.1) is 0 Å². The molecule has 2 rings (SSSR count). The summed E-state index contributed by atoms with van der Waals surface area (Å²) in [5.74, 6) is -0.535. The number of nitrogens with one attached hydrogen (secondary N) is 1. The number of rotatable bonds is 5. The number of benzene rings is 1.